The molecule has 0 saturated heterocycles. The zero-order chi connectivity index (χ0) is 21.2. The van der Waals surface area contributed by atoms with Crippen LogP contribution in [0.2, 0.25) is 10.0 Å². The number of rotatable bonds is 4. The van der Waals surface area contributed by atoms with Gasteiger partial charge >= 0.3 is 0 Å². The standard InChI is InChI=1S/C18H11Cl3N2O4S2/c19-12-1-6-15(7-2-12)28(24,25)22-14-5-10-18(17(21)11-14)23-29(26,27)16-8-3-13(20)4-9-16/h1-11H/b22-14+,23-18+. The number of sulfonamides is 2. The predicted octanol–water partition coefficient (Wildman–Crippen LogP) is 4.65. The first-order chi connectivity index (χ1) is 13.6. The van der Waals surface area contributed by atoms with Crippen LogP contribution in [0.4, 0.5) is 0 Å². The van der Waals surface area contributed by atoms with Crippen molar-refractivity contribution in [2.75, 3.05) is 0 Å². The average Bonchev–Trinajstić information content (AvgIpc) is 2.64. The van der Waals surface area contributed by atoms with Crippen LogP contribution in [0.1, 0.15) is 0 Å². The Bertz CT molecular complexity index is 1280. The summed E-state index contributed by atoms with van der Waals surface area (Å²) in [7, 11) is -8.02. The first-order valence-corrected chi connectivity index (χ1v) is 11.8. The number of benzene rings is 2. The van der Waals surface area contributed by atoms with Gasteiger partial charge in [-0.2, -0.15) is 25.6 Å². The van der Waals surface area contributed by atoms with Gasteiger partial charge in [-0.15, -0.1) is 0 Å². The summed E-state index contributed by atoms with van der Waals surface area (Å²) in [6.07, 6.45) is 3.78. The van der Waals surface area contributed by atoms with Crippen LogP contribution in [0.3, 0.4) is 0 Å². The maximum atomic E-state index is 12.4. The van der Waals surface area contributed by atoms with Crippen molar-refractivity contribution in [1.82, 2.24) is 0 Å². The molecule has 2 aromatic carbocycles. The molecule has 2 aromatic rings. The molecule has 0 saturated carbocycles. The maximum Gasteiger partial charge on any atom is 0.282 e. The topological polar surface area (TPSA) is 93.0 Å². The van der Waals surface area contributed by atoms with Gasteiger partial charge in [0.25, 0.3) is 20.0 Å². The largest absolute Gasteiger partial charge is 0.282 e. The van der Waals surface area contributed by atoms with Crippen LogP contribution in [-0.2, 0) is 20.0 Å². The molecule has 0 aliphatic heterocycles. The predicted molar refractivity (Wildman–Crippen MR) is 115 cm³/mol. The third-order valence-corrected chi connectivity index (χ3v) is 7.03. The van der Waals surface area contributed by atoms with Crippen LogP contribution in [0.5, 0.6) is 0 Å². The molecule has 0 N–H and O–H groups in total. The van der Waals surface area contributed by atoms with Crippen LogP contribution in [-0.4, -0.2) is 28.3 Å². The van der Waals surface area contributed by atoms with E-state index in [-0.39, 0.29) is 26.2 Å². The molecule has 0 aromatic heterocycles. The van der Waals surface area contributed by atoms with Gasteiger partial charge < -0.3 is 0 Å². The highest BCUT2D eigenvalue weighted by atomic mass is 35.5. The van der Waals surface area contributed by atoms with Crippen molar-refractivity contribution < 1.29 is 16.8 Å². The summed E-state index contributed by atoms with van der Waals surface area (Å²) in [4.78, 5) is -0.103. The van der Waals surface area contributed by atoms with E-state index in [1.54, 1.807) is 0 Å². The van der Waals surface area contributed by atoms with Gasteiger partial charge in [-0.1, -0.05) is 34.8 Å². The minimum absolute atomic E-state index is 0.0211. The molecule has 3 rings (SSSR count). The lowest BCUT2D eigenvalue weighted by Crippen LogP contribution is -2.10. The molecule has 0 bridgehead atoms. The van der Waals surface area contributed by atoms with Crippen LogP contribution < -0.4 is 0 Å². The van der Waals surface area contributed by atoms with Crippen molar-refractivity contribution in [1.29, 1.82) is 0 Å². The molecule has 6 nitrogen and oxygen atoms in total. The maximum absolute atomic E-state index is 12.4. The average molecular weight is 490 g/mol. The van der Waals surface area contributed by atoms with E-state index in [1.807, 2.05) is 0 Å². The molecule has 0 unspecified atom stereocenters. The molecule has 29 heavy (non-hydrogen) atoms. The van der Waals surface area contributed by atoms with Gasteiger partial charge in [0.1, 0.15) is 0 Å². The Hall–Kier alpha value is -1.97. The lowest BCUT2D eigenvalue weighted by Gasteiger charge is -2.07. The molecule has 150 valence electrons. The van der Waals surface area contributed by atoms with E-state index in [0.717, 1.165) is 0 Å². The third kappa shape index (κ3) is 5.34. The lowest BCUT2D eigenvalue weighted by atomic mass is 10.1. The van der Waals surface area contributed by atoms with Gasteiger partial charge in [-0.25, -0.2) is 0 Å². The molecule has 1 aliphatic carbocycles. The van der Waals surface area contributed by atoms with E-state index in [1.165, 1.54) is 66.8 Å². The van der Waals surface area contributed by atoms with Crippen molar-refractivity contribution in [2.24, 2.45) is 8.80 Å². The van der Waals surface area contributed by atoms with Gasteiger partial charge in [0.15, 0.2) is 0 Å². The van der Waals surface area contributed by atoms with E-state index < -0.39 is 20.0 Å². The molecule has 11 heteroatoms. The van der Waals surface area contributed by atoms with Crippen LogP contribution in [0.15, 0.2) is 90.4 Å². The number of nitrogens with zero attached hydrogens (tertiary/aromatic N) is 2. The second-order valence-electron chi connectivity index (χ2n) is 5.68. The van der Waals surface area contributed by atoms with Gasteiger partial charge in [0, 0.05) is 10.0 Å². The first kappa shape index (κ1) is 21.7. The van der Waals surface area contributed by atoms with E-state index >= 15 is 0 Å². The summed E-state index contributed by atoms with van der Waals surface area (Å²) >= 11 is 17.6. The molecule has 0 heterocycles. The summed E-state index contributed by atoms with van der Waals surface area (Å²) in [5.74, 6) is 0. The summed E-state index contributed by atoms with van der Waals surface area (Å²) in [5, 5.41) is 0.699. The second-order valence-corrected chi connectivity index (χ2v) is 10.2. The zero-order valence-corrected chi connectivity index (χ0v) is 18.2. The van der Waals surface area contributed by atoms with Crippen molar-refractivity contribution in [3.05, 3.63) is 81.8 Å². The normalized spacial score (nSPS) is 17.6. The molecule has 0 fully saturated rings. The Morgan fingerprint density at radius 1 is 0.621 bits per heavy atom. The SMILES string of the molecule is O=S(=O)(/N=C1C=C/C(=N\S(=O)(=O)c2ccc(Cl)cc2)C(Cl)=C\1)c1ccc(Cl)cc1. The Kier molecular flexibility index (Phi) is 6.30. The third-order valence-electron chi connectivity index (χ3n) is 3.60. The quantitative estimate of drug-likeness (QED) is 0.585. The summed E-state index contributed by atoms with van der Waals surface area (Å²) in [5.41, 5.74) is -0.0303. The Morgan fingerprint density at radius 3 is 1.52 bits per heavy atom. The van der Waals surface area contributed by atoms with Crippen LogP contribution >= 0.6 is 34.8 Å². The first-order valence-electron chi connectivity index (χ1n) is 7.83. The molecule has 0 atom stereocenters. The highest BCUT2D eigenvalue weighted by molar-refractivity contribution is 7.90. The Morgan fingerprint density at radius 2 is 1.07 bits per heavy atom. The van der Waals surface area contributed by atoms with Gasteiger partial charge in [0.2, 0.25) is 0 Å². The fourth-order valence-electron chi connectivity index (χ4n) is 2.21. The zero-order valence-electron chi connectivity index (χ0n) is 14.3. The fraction of sp³-hybridized carbons (Fsp3) is 0. The highest BCUT2D eigenvalue weighted by Gasteiger charge is 2.19. The van der Waals surface area contributed by atoms with Gasteiger partial charge in [0.05, 0.1) is 26.2 Å². The number of halogens is 3. The molecule has 1 aliphatic rings. The van der Waals surface area contributed by atoms with Gasteiger partial charge in [-0.3, -0.25) is 0 Å². The minimum Gasteiger partial charge on any atom is -0.199 e. The Labute approximate surface area is 183 Å². The second kappa shape index (κ2) is 8.41. The summed E-state index contributed by atoms with van der Waals surface area (Å²) in [6, 6.07) is 11.0. The fourth-order valence-corrected chi connectivity index (χ4v) is 4.71. The lowest BCUT2D eigenvalue weighted by molar-refractivity contribution is 0.596. The number of hydrogen-bond donors (Lipinski definition) is 0. The van der Waals surface area contributed by atoms with E-state index in [0.29, 0.717) is 10.0 Å². The summed E-state index contributed by atoms with van der Waals surface area (Å²) < 4.78 is 56.9. The van der Waals surface area contributed by atoms with Crippen molar-refractivity contribution in [3.8, 4) is 0 Å². The minimum atomic E-state index is -4.03. The summed E-state index contributed by atoms with van der Waals surface area (Å²) in [6.45, 7) is 0. The van der Waals surface area contributed by atoms with Gasteiger partial charge in [-0.05, 0) is 66.8 Å². The molecule has 0 amide bonds. The number of allylic oxidation sites excluding steroid dienone is 4. The van der Waals surface area contributed by atoms with E-state index in [4.69, 9.17) is 34.8 Å². The van der Waals surface area contributed by atoms with E-state index in [2.05, 4.69) is 8.80 Å². The molecular weight excluding hydrogens is 479 g/mol. The van der Waals surface area contributed by atoms with Crippen molar-refractivity contribution in [2.45, 2.75) is 9.79 Å². The Balaban J connectivity index is 1.90. The number of hydrogen-bond acceptors (Lipinski definition) is 4. The van der Waals surface area contributed by atoms with Crippen LogP contribution in [0, 0.1) is 0 Å². The monoisotopic (exact) mass is 488 g/mol. The smallest absolute Gasteiger partial charge is 0.199 e. The van der Waals surface area contributed by atoms with Crippen molar-refractivity contribution >= 4 is 66.3 Å². The molecular formula is C18H11Cl3N2O4S2. The van der Waals surface area contributed by atoms with Crippen LogP contribution in [0.25, 0.3) is 0 Å². The molecule has 0 radical (unpaired) electrons. The molecule has 0 spiro atoms. The highest BCUT2D eigenvalue weighted by Crippen LogP contribution is 2.21. The van der Waals surface area contributed by atoms with Crippen molar-refractivity contribution in [3.63, 3.8) is 0 Å². The van der Waals surface area contributed by atoms with E-state index in [9.17, 15) is 16.8 Å².